The van der Waals surface area contributed by atoms with E-state index in [1.165, 1.54) is 24.3 Å². The first-order valence-electron chi connectivity index (χ1n) is 9.07. The van der Waals surface area contributed by atoms with Crippen molar-refractivity contribution in [3.63, 3.8) is 0 Å². The maximum Gasteiger partial charge on any atom is 0.416 e. The Morgan fingerprint density at radius 1 is 1.10 bits per heavy atom. The summed E-state index contributed by atoms with van der Waals surface area (Å²) >= 11 is 5.73. The van der Waals surface area contributed by atoms with Crippen LogP contribution in [0.15, 0.2) is 42.5 Å². The minimum Gasteiger partial charge on any atom is -0.369 e. The summed E-state index contributed by atoms with van der Waals surface area (Å²) in [7, 11) is 0. The number of alkyl halides is 3. The molecule has 2 aromatic rings. The smallest absolute Gasteiger partial charge is 0.369 e. The summed E-state index contributed by atoms with van der Waals surface area (Å²) in [5.74, 6) is -0.830. The van der Waals surface area contributed by atoms with Crippen molar-refractivity contribution in [2.75, 3.05) is 36.4 Å². The predicted molar refractivity (Wildman–Crippen MR) is 105 cm³/mol. The number of halogens is 5. The number of carbonyl (C=O) groups excluding carboxylic acids is 1. The molecule has 4 nitrogen and oxygen atoms in total. The Morgan fingerprint density at radius 3 is 2.41 bits per heavy atom. The highest BCUT2D eigenvalue weighted by molar-refractivity contribution is 6.31. The Kier molecular flexibility index (Phi) is 6.33. The standard InChI is InChI=1S/C20H20ClF4N3O/c1-13(19(29)26-15-5-6-18(22)17(21)12-15)27-7-9-28(10-8-27)16-4-2-3-14(11-16)20(23,24)25/h2-6,11-13H,7-10H2,1H3,(H,26,29)/t13-/m1/s1. The van der Waals surface area contributed by atoms with E-state index in [0.717, 1.165) is 12.1 Å². The zero-order chi connectivity index (χ0) is 21.2. The molecule has 1 saturated heterocycles. The monoisotopic (exact) mass is 429 g/mol. The van der Waals surface area contributed by atoms with Crippen LogP contribution in [0.4, 0.5) is 28.9 Å². The molecule has 0 bridgehead atoms. The summed E-state index contributed by atoms with van der Waals surface area (Å²) in [4.78, 5) is 16.3. The number of hydrogen-bond acceptors (Lipinski definition) is 3. The van der Waals surface area contributed by atoms with Crippen LogP contribution in [0, 0.1) is 5.82 Å². The van der Waals surface area contributed by atoms with Crippen molar-refractivity contribution in [2.24, 2.45) is 0 Å². The van der Waals surface area contributed by atoms with Crippen LogP contribution in [0.25, 0.3) is 0 Å². The predicted octanol–water partition coefficient (Wildman–Crippen LogP) is 4.65. The molecule has 1 N–H and O–H groups in total. The highest BCUT2D eigenvalue weighted by Gasteiger charge is 2.31. The number of anilines is 2. The van der Waals surface area contributed by atoms with Gasteiger partial charge in [0.2, 0.25) is 5.91 Å². The molecule has 2 aromatic carbocycles. The van der Waals surface area contributed by atoms with Crippen molar-refractivity contribution in [1.29, 1.82) is 0 Å². The molecule has 0 aromatic heterocycles. The first kappa shape index (κ1) is 21.4. The van der Waals surface area contributed by atoms with Crippen molar-refractivity contribution in [1.82, 2.24) is 4.90 Å². The molecule has 29 heavy (non-hydrogen) atoms. The van der Waals surface area contributed by atoms with Crippen molar-refractivity contribution in [2.45, 2.75) is 19.1 Å². The molecule has 0 radical (unpaired) electrons. The Labute approximate surface area is 171 Å². The second kappa shape index (κ2) is 8.59. The molecular formula is C20H20ClF4N3O. The van der Waals surface area contributed by atoms with E-state index in [1.807, 2.05) is 9.80 Å². The van der Waals surface area contributed by atoms with Gasteiger partial charge in [-0.25, -0.2) is 4.39 Å². The van der Waals surface area contributed by atoms with Crippen LogP contribution < -0.4 is 10.2 Å². The van der Waals surface area contributed by atoms with Gasteiger partial charge in [-0.3, -0.25) is 9.69 Å². The van der Waals surface area contributed by atoms with Crippen LogP contribution in [0.5, 0.6) is 0 Å². The van der Waals surface area contributed by atoms with Crippen LogP contribution in [0.3, 0.4) is 0 Å². The van der Waals surface area contributed by atoms with Gasteiger partial charge in [0.1, 0.15) is 5.82 Å². The summed E-state index contributed by atoms with van der Waals surface area (Å²) < 4.78 is 52.0. The Morgan fingerprint density at radius 2 is 1.79 bits per heavy atom. The second-order valence-corrected chi connectivity index (χ2v) is 7.27. The second-order valence-electron chi connectivity index (χ2n) is 6.87. The van der Waals surface area contributed by atoms with E-state index >= 15 is 0 Å². The third-order valence-corrected chi connectivity index (χ3v) is 5.26. The van der Waals surface area contributed by atoms with Crippen LogP contribution in [-0.4, -0.2) is 43.0 Å². The lowest BCUT2D eigenvalue weighted by Gasteiger charge is -2.38. The molecule has 1 amide bonds. The average Bonchev–Trinajstić information content (AvgIpc) is 2.70. The molecule has 1 aliphatic heterocycles. The quantitative estimate of drug-likeness (QED) is 0.719. The summed E-state index contributed by atoms with van der Waals surface area (Å²) in [6, 6.07) is 8.73. The van der Waals surface area contributed by atoms with Crippen molar-refractivity contribution >= 4 is 28.9 Å². The van der Waals surface area contributed by atoms with Gasteiger partial charge >= 0.3 is 6.18 Å². The fourth-order valence-corrected chi connectivity index (χ4v) is 3.41. The highest BCUT2D eigenvalue weighted by Crippen LogP contribution is 2.32. The van der Waals surface area contributed by atoms with Gasteiger partial charge in [0.05, 0.1) is 16.6 Å². The minimum absolute atomic E-state index is 0.0786. The molecule has 1 fully saturated rings. The summed E-state index contributed by atoms with van der Waals surface area (Å²) in [6.45, 7) is 3.80. The number of amides is 1. The third kappa shape index (κ3) is 5.19. The first-order chi connectivity index (χ1) is 13.6. The van der Waals surface area contributed by atoms with Gasteiger partial charge in [0, 0.05) is 37.6 Å². The molecule has 0 spiro atoms. The number of nitrogens with zero attached hydrogens (tertiary/aromatic N) is 2. The molecule has 9 heteroatoms. The zero-order valence-electron chi connectivity index (χ0n) is 15.6. The normalized spacial score (nSPS) is 16.6. The maximum absolute atomic E-state index is 13.2. The van der Waals surface area contributed by atoms with E-state index in [9.17, 15) is 22.4 Å². The van der Waals surface area contributed by atoms with Gasteiger partial charge in [-0.15, -0.1) is 0 Å². The molecule has 0 unspecified atom stereocenters. The van der Waals surface area contributed by atoms with Gasteiger partial charge in [0.15, 0.2) is 0 Å². The zero-order valence-corrected chi connectivity index (χ0v) is 16.4. The third-order valence-electron chi connectivity index (χ3n) is 4.97. The molecule has 1 heterocycles. The van der Waals surface area contributed by atoms with Crippen LogP contribution in [0.1, 0.15) is 12.5 Å². The number of nitrogens with one attached hydrogen (secondary N) is 1. The van der Waals surface area contributed by atoms with Crippen LogP contribution in [-0.2, 0) is 11.0 Å². The lowest BCUT2D eigenvalue weighted by atomic mass is 10.1. The molecule has 1 aliphatic rings. The van der Waals surface area contributed by atoms with Gasteiger partial charge in [-0.05, 0) is 43.3 Å². The fraction of sp³-hybridized carbons (Fsp3) is 0.350. The topological polar surface area (TPSA) is 35.6 Å². The van der Waals surface area contributed by atoms with Gasteiger partial charge in [0.25, 0.3) is 0 Å². The van der Waals surface area contributed by atoms with E-state index < -0.39 is 23.6 Å². The van der Waals surface area contributed by atoms with Crippen molar-refractivity contribution in [3.8, 4) is 0 Å². The fourth-order valence-electron chi connectivity index (χ4n) is 3.23. The van der Waals surface area contributed by atoms with Crippen molar-refractivity contribution < 1.29 is 22.4 Å². The molecular weight excluding hydrogens is 410 g/mol. The molecule has 3 rings (SSSR count). The molecule has 0 saturated carbocycles. The van der Waals surface area contributed by atoms with E-state index in [0.29, 0.717) is 37.6 Å². The van der Waals surface area contributed by atoms with Gasteiger partial charge in [-0.1, -0.05) is 17.7 Å². The highest BCUT2D eigenvalue weighted by atomic mass is 35.5. The summed E-state index contributed by atoms with van der Waals surface area (Å²) in [5.41, 5.74) is 0.233. The van der Waals surface area contributed by atoms with E-state index in [1.54, 1.807) is 13.0 Å². The Balaban J connectivity index is 1.58. The largest absolute Gasteiger partial charge is 0.416 e. The summed E-state index contributed by atoms with van der Waals surface area (Å²) in [6.07, 6.45) is -4.38. The lowest BCUT2D eigenvalue weighted by molar-refractivity contribution is -0.137. The molecule has 1 atom stereocenters. The minimum atomic E-state index is -4.38. The maximum atomic E-state index is 13.2. The van der Waals surface area contributed by atoms with Gasteiger partial charge < -0.3 is 10.2 Å². The number of benzene rings is 2. The summed E-state index contributed by atoms with van der Waals surface area (Å²) in [5, 5.41) is 2.63. The van der Waals surface area contributed by atoms with E-state index in [-0.39, 0.29) is 10.9 Å². The molecule has 156 valence electrons. The average molecular weight is 430 g/mol. The van der Waals surface area contributed by atoms with Crippen molar-refractivity contribution in [3.05, 3.63) is 58.9 Å². The van der Waals surface area contributed by atoms with Crippen LogP contribution in [0.2, 0.25) is 5.02 Å². The first-order valence-corrected chi connectivity index (χ1v) is 9.45. The number of piperazine rings is 1. The van der Waals surface area contributed by atoms with Crippen LogP contribution >= 0.6 is 11.6 Å². The lowest BCUT2D eigenvalue weighted by Crippen LogP contribution is -2.52. The van der Waals surface area contributed by atoms with E-state index in [4.69, 9.17) is 11.6 Å². The van der Waals surface area contributed by atoms with Gasteiger partial charge in [-0.2, -0.15) is 13.2 Å². The number of hydrogen-bond donors (Lipinski definition) is 1. The Bertz CT molecular complexity index is 882. The molecule has 0 aliphatic carbocycles. The Hall–Kier alpha value is -2.32. The van der Waals surface area contributed by atoms with E-state index in [2.05, 4.69) is 5.32 Å². The SMILES string of the molecule is C[C@H](C(=O)Nc1ccc(F)c(Cl)c1)N1CCN(c2cccc(C(F)(F)F)c2)CC1. The number of rotatable bonds is 4. The number of carbonyl (C=O) groups is 1.